The van der Waals surface area contributed by atoms with Gasteiger partial charge in [-0.3, -0.25) is 9.59 Å². The summed E-state index contributed by atoms with van der Waals surface area (Å²) in [7, 11) is 0. The average molecular weight is 564 g/mol. The number of hydrogen-bond acceptors (Lipinski definition) is 6. The molecule has 1 aromatic heterocycles. The van der Waals surface area contributed by atoms with Gasteiger partial charge >= 0.3 is 0 Å². The normalized spacial score (nSPS) is 17.4. The average Bonchev–Trinajstić information content (AvgIpc) is 3.80. The number of nitrogens with zero attached hydrogens (tertiary/aromatic N) is 4. The molecule has 5 rings (SSSR count). The predicted molar refractivity (Wildman–Crippen MR) is 156 cm³/mol. The van der Waals surface area contributed by atoms with Crippen LogP contribution in [0.15, 0.2) is 71.9 Å². The maximum absolute atomic E-state index is 12.7. The van der Waals surface area contributed by atoms with Crippen LogP contribution in [0.2, 0.25) is 5.15 Å². The standard InChI is InChI=1S/C30H34ClN5O2S/c1-21-19-35(16-17-36(21)29(38)24-12-13-24)27-18-26(31)33-30(34-27)39-20-28(37)32-15-14-25(22-8-4-2-5-9-22)23-10-6-3-7-11-23/h2-11,18,21,24-25H,12-17,19-20H2,1H3,(H,32,37). The lowest BCUT2D eigenvalue weighted by molar-refractivity contribution is -0.135. The lowest BCUT2D eigenvalue weighted by Gasteiger charge is -2.40. The summed E-state index contributed by atoms with van der Waals surface area (Å²) in [6.45, 7) is 4.72. The molecule has 0 bridgehead atoms. The van der Waals surface area contributed by atoms with Crippen LogP contribution < -0.4 is 10.2 Å². The topological polar surface area (TPSA) is 78.4 Å². The van der Waals surface area contributed by atoms with Crippen molar-refractivity contribution in [1.82, 2.24) is 20.2 Å². The van der Waals surface area contributed by atoms with Gasteiger partial charge in [-0.25, -0.2) is 9.97 Å². The van der Waals surface area contributed by atoms with Crippen molar-refractivity contribution < 1.29 is 9.59 Å². The molecule has 1 aliphatic carbocycles. The van der Waals surface area contributed by atoms with Crippen molar-refractivity contribution >= 4 is 41.0 Å². The molecule has 1 saturated carbocycles. The van der Waals surface area contributed by atoms with Crippen LogP contribution in [0.1, 0.15) is 43.2 Å². The smallest absolute Gasteiger partial charge is 0.230 e. The Kier molecular flexibility index (Phi) is 9.04. The van der Waals surface area contributed by atoms with E-state index in [1.807, 2.05) is 41.3 Å². The summed E-state index contributed by atoms with van der Waals surface area (Å²) in [6.07, 6.45) is 2.83. The van der Waals surface area contributed by atoms with E-state index in [-0.39, 0.29) is 35.4 Å². The number of aromatic nitrogens is 2. The van der Waals surface area contributed by atoms with E-state index >= 15 is 0 Å². The molecule has 1 unspecified atom stereocenters. The van der Waals surface area contributed by atoms with Crippen LogP contribution in [0.25, 0.3) is 0 Å². The fourth-order valence-electron chi connectivity index (χ4n) is 5.10. The fourth-order valence-corrected chi connectivity index (χ4v) is 6.01. The van der Waals surface area contributed by atoms with Gasteiger partial charge in [0, 0.05) is 50.1 Å². The molecule has 2 aliphatic rings. The third kappa shape index (κ3) is 7.31. The number of piperazine rings is 1. The first-order chi connectivity index (χ1) is 19.0. The van der Waals surface area contributed by atoms with Crippen LogP contribution in [0, 0.1) is 5.92 Å². The zero-order chi connectivity index (χ0) is 27.2. The van der Waals surface area contributed by atoms with Crippen molar-refractivity contribution in [2.24, 2.45) is 5.92 Å². The molecule has 1 atom stereocenters. The van der Waals surface area contributed by atoms with Crippen molar-refractivity contribution in [1.29, 1.82) is 0 Å². The highest BCUT2D eigenvalue weighted by molar-refractivity contribution is 7.99. The summed E-state index contributed by atoms with van der Waals surface area (Å²) in [5.41, 5.74) is 2.47. The number of nitrogens with one attached hydrogen (secondary N) is 1. The summed E-state index contributed by atoms with van der Waals surface area (Å²) >= 11 is 7.61. The molecule has 3 aromatic rings. The highest BCUT2D eigenvalue weighted by Gasteiger charge is 2.37. The minimum Gasteiger partial charge on any atom is -0.355 e. The Balaban J connectivity index is 1.13. The molecule has 1 N–H and O–H groups in total. The second kappa shape index (κ2) is 12.8. The van der Waals surface area contributed by atoms with Gasteiger partial charge in [0.2, 0.25) is 11.8 Å². The van der Waals surface area contributed by atoms with Crippen molar-refractivity contribution in [2.45, 2.75) is 43.3 Å². The molecule has 9 heteroatoms. The molecule has 0 radical (unpaired) electrons. The monoisotopic (exact) mass is 563 g/mol. The quantitative estimate of drug-likeness (QED) is 0.212. The number of anilines is 1. The predicted octanol–water partition coefficient (Wildman–Crippen LogP) is 5.01. The Morgan fingerprint density at radius 1 is 1.03 bits per heavy atom. The van der Waals surface area contributed by atoms with E-state index in [4.69, 9.17) is 11.6 Å². The summed E-state index contributed by atoms with van der Waals surface area (Å²) in [5.74, 6) is 1.60. The van der Waals surface area contributed by atoms with E-state index in [0.29, 0.717) is 36.5 Å². The maximum Gasteiger partial charge on any atom is 0.230 e. The molecule has 39 heavy (non-hydrogen) atoms. The van der Waals surface area contributed by atoms with Crippen LogP contribution in [-0.2, 0) is 9.59 Å². The summed E-state index contributed by atoms with van der Waals surface area (Å²) in [5, 5.41) is 3.88. The Hall–Kier alpha value is -3.10. The van der Waals surface area contributed by atoms with E-state index in [1.54, 1.807) is 6.07 Å². The Bertz CT molecular complexity index is 1240. The van der Waals surface area contributed by atoms with Gasteiger partial charge in [0.15, 0.2) is 5.16 Å². The number of carbonyl (C=O) groups is 2. The Morgan fingerprint density at radius 2 is 1.69 bits per heavy atom. The fraction of sp³-hybridized carbons (Fsp3) is 0.400. The summed E-state index contributed by atoms with van der Waals surface area (Å²) in [6, 6.07) is 22.6. The van der Waals surface area contributed by atoms with Crippen molar-refractivity contribution in [2.75, 3.05) is 36.8 Å². The van der Waals surface area contributed by atoms with Gasteiger partial charge < -0.3 is 15.1 Å². The van der Waals surface area contributed by atoms with Crippen LogP contribution in [0.4, 0.5) is 5.82 Å². The Morgan fingerprint density at radius 3 is 2.31 bits per heavy atom. The zero-order valence-corrected chi connectivity index (χ0v) is 23.7. The van der Waals surface area contributed by atoms with E-state index in [1.165, 1.54) is 22.9 Å². The lowest BCUT2D eigenvalue weighted by Crippen LogP contribution is -2.54. The van der Waals surface area contributed by atoms with E-state index in [0.717, 1.165) is 25.1 Å². The second-order valence-corrected chi connectivity index (χ2v) is 11.6. The molecular formula is C30H34ClN5O2S. The van der Waals surface area contributed by atoms with Crippen LogP contribution in [-0.4, -0.2) is 64.7 Å². The maximum atomic E-state index is 12.7. The van der Waals surface area contributed by atoms with E-state index in [9.17, 15) is 9.59 Å². The molecule has 2 heterocycles. The number of amides is 2. The van der Waals surface area contributed by atoms with Gasteiger partial charge in [-0.1, -0.05) is 84.0 Å². The minimum atomic E-state index is -0.0641. The van der Waals surface area contributed by atoms with Gasteiger partial charge in [-0.05, 0) is 37.3 Å². The molecule has 0 spiro atoms. The number of halogens is 1. The van der Waals surface area contributed by atoms with Crippen LogP contribution in [0.5, 0.6) is 0 Å². The molecule has 2 amide bonds. The number of hydrogen-bond donors (Lipinski definition) is 1. The highest BCUT2D eigenvalue weighted by atomic mass is 35.5. The van der Waals surface area contributed by atoms with E-state index in [2.05, 4.69) is 51.4 Å². The number of rotatable bonds is 10. The second-order valence-electron chi connectivity index (χ2n) is 10.2. The number of benzene rings is 2. The van der Waals surface area contributed by atoms with Crippen LogP contribution in [0.3, 0.4) is 0 Å². The first kappa shape index (κ1) is 27.5. The van der Waals surface area contributed by atoms with Gasteiger partial charge in [0.1, 0.15) is 11.0 Å². The lowest BCUT2D eigenvalue weighted by atomic mass is 9.88. The van der Waals surface area contributed by atoms with Crippen molar-refractivity contribution in [3.8, 4) is 0 Å². The van der Waals surface area contributed by atoms with Crippen molar-refractivity contribution in [3.63, 3.8) is 0 Å². The first-order valence-electron chi connectivity index (χ1n) is 13.6. The summed E-state index contributed by atoms with van der Waals surface area (Å²) < 4.78 is 0. The first-order valence-corrected chi connectivity index (χ1v) is 14.9. The Labute approximate surface area is 239 Å². The van der Waals surface area contributed by atoms with E-state index < -0.39 is 0 Å². The minimum absolute atomic E-state index is 0.0641. The van der Waals surface area contributed by atoms with Crippen molar-refractivity contribution in [3.05, 3.63) is 83.0 Å². The van der Waals surface area contributed by atoms with Gasteiger partial charge in [-0.2, -0.15) is 0 Å². The molecular weight excluding hydrogens is 530 g/mol. The highest BCUT2D eigenvalue weighted by Crippen LogP contribution is 2.33. The summed E-state index contributed by atoms with van der Waals surface area (Å²) in [4.78, 5) is 38.4. The SMILES string of the molecule is CC1CN(c2cc(Cl)nc(SCC(=O)NCCC(c3ccccc3)c3ccccc3)n2)CCN1C(=O)C1CC1. The molecule has 1 saturated heterocycles. The molecule has 204 valence electrons. The van der Waals surface area contributed by atoms with Gasteiger partial charge in [0.25, 0.3) is 0 Å². The van der Waals surface area contributed by atoms with Gasteiger partial charge in [0.05, 0.1) is 5.75 Å². The zero-order valence-electron chi connectivity index (χ0n) is 22.1. The molecule has 2 aromatic carbocycles. The largest absolute Gasteiger partial charge is 0.355 e. The third-order valence-electron chi connectivity index (χ3n) is 7.31. The molecule has 1 aliphatic heterocycles. The third-order valence-corrected chi connectivity index (χ3v) is 8.35. The van der Waals surface area contributed by atoms with Gasteiger partial charge in [-0.15, -0.1) is 0 Å². The van der Waals surface area contributed by atoms with Crippen LogP contribution >= 0.6 is 23.4 Å². The number of thioether (sulfide) groups is 1. The number of carbonyl (C=O) groups excluding carboxylic acids is 2. The molecule has 2 fully saturated rings. The molecule has 7 nitrogen and oxygen atoms in total.